The van der Waals surface area contributed by atoms with Crippen molar-refractivity contribution in [2.45, 2.75) is 26.4 Å². The van der Waals surface area contributed by atoms with Crippen LogP contribution in [0.3, 0.4) is 0 Å². The molecule has 4 heteroatoms. The van der Waals surface area contributed by atoms with Gasteiger partial charge >= 0.3 is 0 Å². The standard InChI is InChI=1S/C16H15ClF2O/c1-9-3-4-11(5-10(9)2)6-16(20)12-7-14(18)15(19)8-13(12)17/h3-5,7-8,16,20H,6H2,1-2H3. The summed E-state index contributed by atoms with van der Waals surface area (Å²) in [5.74, 6) is -2.03. The molecule has 0 saturated heterocycles. The van der Waals surface area contributed by atoms with E-state index in [0.29, 0.717) is 6.42 Å². The van der Waals surface area contributed by atoms with Crippen LogP contribution >= 0.6 is 11.6 Å². The summed E-state index contributed by atoms with van der Waals surface area (Å²) in [6, 6.07) is 7.66. The molecule has 1 unspecified atom stereocenters. The van der Waals surface area contributed by atoms with E-state index in [0.717, 1.165) is 28.8 Å². The minimum atomic E-state index is -1.02. The van der Waals surface area contributed by atoms with Crippen LogP contribution in [0.25, 0.3) is 0 Å². The van der Waals surface area contributed by atoms with E-state index in [1.165, 1.54) is 0 Å². The summed E-state index contributed by atoms with van der Waals surface area (Å²) >= 11 is 5.85. The fraction of sp³-hybridized carbons (Fsp3) is 0.250. The van der Waals surface area contributed by atoms with Gasteiger partial charge in [0.2, 0.25) is 0 Å². The maximum Gasteiger partial charge on any atom is 0.160 e. The number of aryl methyl sites for hydroxylation is 2. The minimum absolute atomic E-state index is 0.0280. The monoisotopic (exact) mass is 296 g/mol. The Morgan fingerprint density at radius 2 is 1.70 bits per heavy atom. The third-order valence-electron chi connectivity index (χ3n) is 3.40. The van der Waals surface area contributed by atoms with Crippen LogP contribution in [0.1, 0.15) is 28.4 Å². The van der Waals surface area contributed by atoms with Crippen molar-refractivity contribution in [1.82, 2.24) is 0 Å². The lowest BCUT2D eigenvalue weighted by Gasteiger charge is -2.14. The van der Waals surface area contributed by atoms with Crippen molar-refractivity contribution in [3.8, 4) is 0 Å². The second kappa shape index (κ2) is 5.90. The molecule has 1 atom stereocenters. The second-order valence-corrected chi connectivity index (χ2v) is 5.33. The highest BCUT2D eigenvalue weighted by Gasteiger charge is 2.16. The SMILES string of the molecule is Cc1ccc(CC(O)c2cc(F)c(F)cc2Cl)cc1C. The van der Waals surface area contributed by atoms with Gasteiger partial charge in [-0.15, -0.1) is 0 Å². The first-order chi connectivity index (χ1) is 9.38. The average Bonchev–Trinajstić information content (AvgIpc) is 2.38. The van der Waals surface area contributed by atoms with Gasteiger partial charge in [0.1, 0.15) is 0 Å². The van der Waals surface area contributed by atoms with Gasteiger partial charge in [-0.25, -0.2) is 8.78 Å². The Kier molecular flexibility index (Phi) is 4.41. The maximum absolute atomic E-state index is 13.2. The van der Waals surface area contributed by atoms with Gasteiger partial charge in [-0.2, -0.15) is 0 Å². The van der Waals surface area contributed by atoms with Crippen LogP contribution in [0.4, 0.5) is 8.78 Å². The molecule has 2 aromatic rings. The van der Waals surface area contributed by atoms with Crippen LogP contribution < -0.4 is 0 Å². The number of aliphatic hydroxyl groups is 1. The Balaban J connectivity index is 2.25. The first-order valence-corrected chi connectivity index (χ1v) is 6.65. The molecule has 0 amide bonds. The molecular formula is C16H15ClF2O. The fourth-order valence-electron chi connectivity index (χ4n) is 2.06. The van der Waals surface area contributed by atoms with Crippen molar-refractivity contribution < 1.29 is 13.9 Å². The highest BCUT2D eigenvalue weighted by atomic mass is 35.5. The van der Waals surface area contributed by atoms with Gasteiger partial charge in [0, 0.05) is 17.0 Å². The summed E-state index contributed by atoms with van der Waals surface area (Å²) in [5.41, 5.74) is 3.39. The van der Waals surface area contributed by atoms with E-state index >= 15 is 0 Å². The molecule has 20 heavy (non-hydrogen) atoms. The van der Waals surface area contributed by atoms with Crippen LogP contribution in [-0.4, -0.2) is 5.11 Å². The van der Waals surface area contributed by atoms with Gasteiger partial charge < -0.3 is 5.11 Å². The van der Waals surface area contributed by atoms with Crippen molar-refractivity contribution in [3.63, 3.8) is 0 Å². The highest BCUT2D eigenvalue weighted by Crippen LogP contribution is 2.28. The molecule has 1 nitrogen and oxygen atoms in total. The Bertz CT molecular complexity index is 641. The van der Waals surface area contributed by atoms with Gasteiger partial charge in [0.15, 0.2) is 11.6 Å². The molecule has 106 valence electrons. The Labute approximate surface area is 121 Å². The smallest absolute Gasteiger partial charge is 0.160 e. The Hall–Kier alpha value is -1.45. The number of benzene rings is 2. The van der Waals surface area contributed by atoms with E-state index in [4.69, 9.17) is 11.6 Å². The molecule has 2 aromatic carbocycles. The average molecular weight is 297 g/mol. The molecule has 0 spiro atoms. The van der Waals surface area contributed by atoms with E-state index in [1.807, 2.05) is 32.0 Å². The third kappa shape index (κ3) is 3.17. The van der Waals surface area contributed by atoms with E-state index in [2.05, 4.69) is 0 Å². The molecule has 1 N–H and O–H groups in total. The first-order valence-electron chi connectivity index (χ1n) is 6.27. The van der Waals surface area contributed by atoms with Crippen LogP contribution in [0.2, 0.25) is 5.02 Å². The summed E-state index contributed by atoms with van der Waals surface area (Å²) in [6.07, 6.45) is -0.675. The number of halogens is 3. The summed E-state index contributed by atoms with van der Waals surface area (Å²) in [6.45, 7) is 3.98. The number of hydrogen-bond donors (Lipinski definition) is 1. The molecule has 0 saturated carbocycles. The number of hydrogen-bond acceptors (Lipinski definition) is 1. The summed E-state index contributed by atoms with van der Waals surface area (Å²) < 4.78 is 26.2. The molecule has 0 aromatic heterocycles. The lowest BCUT2D eigenvalue weighted by atomic mass is 9.98. The van der Waals surface area contributed by atoms with Gasteiger partial charge in [-0.05, 0) is 42.7 Å². The predicted molar refractivity (Wildman–Crippen MR) is 75.9 cm³/mol. The zero-order chi connectivity index (χ0) is 14.9. The van der Waals surface area contributed by atoms with Crippen molar-refractivity contribution in [2.75, 3.05) is 0 Å². The lowest BCUT2D eigenvalue weighted by molar-refractivity contribution is 0.178. The van der Waals surface area contributed by atoms with Crippen LogP contribution in [0.15, 0.2) is 30.3 Å². The molecule has 0 heterocycles. The van der Waals surface area contributed by atoms with Crippen molar-refractivity contribution in [3.05, 3.63) is 69.2 Å². The Morgan fingerprint density at radius 3 is 2.35 bits per heavy atom. The van der Waals surface area contributed by atoms with Crippen LogP contribution in [-0.2, 0) is 6.42 Å². The van der Waals surface area contributed by atoms with Gasteiger partial charge in [0.05, 0.1) is 6.10 Å². The molecule has 0 aliphatic rings. The fourth-order valence-corrected chi connectivity index (χ4v) is 2.33. The largest absolute Gasteiger partial charge is 0.388 e. The molecule has 0 aliphatic heterocycles. The van der Waals surface area contributed by atoms with Crippen molar-refractivity contribution >= 4 is 11.6 Å². The van der Waals surface area contributed by atoms with Crippen molar-refractivity contribution in [2.24, 2.45) is 0 Å². The lowest BCUT2D eigenvalue weighted by Crippen LogP contribution is -2.04. The zero-order valence-corrected chi connectivity index (χ0v) is 12.0. The van der Waals surface area contributed by atoms with E-state index in [9.17, 15) is 13.9 Å². The normalized spacial score (nSPS) is 12.5. The van der Waals surface area contributed by atoms with Crippen molar-refractivity contribution in [1.29, 1.82) is 0 Å². The van der Waals surface area contributed by atoms with E-state index in [1.54, 1.807) is 0 Å². The second-order valence-electron chi connectivity index (χ2n) is 4.93. The van der Waals surface area contributed by atoms with Gasteiger partial charge in [-0.1, -0.05) is 29.8 Å². The van der Waals surface area contributed by atoms with Crippen LogP contribution in [0.5, 0.6) is 0 Å². The van der Waals surface area contributed by atoms with E-state index in [-0.39, 0.29) is 10.6 Å². The molecular weight excluding hydrogens is 282 g/mol. The highest BCUT2D eigenvalue weighted by molar-refractivity contribution is 6.31. The predicted octanol–water partition coefficient (Wildman–Crippen LogP) is 4.51. The maximum atomic E-state index is 13.2. The summed E-state index contributed by atoms with van der Waals surface area (Å²) in [4.78, 5) is 0. The minimum Gasteiger partial charge on any atom is -0.388 e. The first kappa shape index (κ1) is 14.9. The van der Waals surface area contributed by atoms with Crippen LogP contribution in [0, 0.1) is 25.5 Å². The molecule has 0 radical (unpaired) electrons. The summed E-state index contributed by atoms with van der Waals surface area (Å²) in [7, 11) is 0. The Morgan fingerprint density at radius 1 is 1.05 bits per heavy atom. The quantitative estimate of drug-likeness (QED) is 0.826. The zero-order valence-electron chi connectivity index (χ0n) is 11.3. The van der Waals surface area contributed by atoms with Gasteiger partial charge in [0.25, 0.3) is 0 Å². The molecule has 0 fully saturated rings. The van der Waals surface area contributed by atoms with Gasteiger partial charge in [-0.3, -0.25) is 0 Å². The molecule has 0 aliphatic carbocycles. The summed E-state index contributed by atoms with van der Waals surface area (Å²) in [5, 5.41) is 10.2. The number of rotatable bonds is 3. The number of aliphatic hydroxyl groups excluding tert-OH is 1. The third-order valence-corrected chi connectivity index (χ3v) is 3.73. The molecule has 0 bridgehead atoms. The molecule has 2 rings (SSSR count). The van der Waals surface area contributed by atoms with E-state index < -0.39 is 17.7 Å². The topological polar surface area (TPSA) is 20.2 Å².